The fourth-order valence-corrected chi connectivity index (χ4v) is 14.7. The van der Waals surface area contributed by atoms with Crippen LogP contribution in [-0.4, -0.2) is 61.7 Å². The fourth-order valence-electron chi connectivity index (χ4n) is 14.7. The van der Waals surface area contributed by atoms with Crippen LogP contribution >= 0.6 is 0 Å². The van der Waals surface area contributed by atoms with Gasteiger partial charge in [0.15, 0.2) is 11.6 Å². The number of nitrogens with zero attached hydrogens (tertiary/aromatic N) is 8. The van der Waals surface area contributed by atoms with Gasteiger partial charge in [-0.1, -0.05) is 206 Å². The average Bonchev–Trinajstić information content (AvgIpc) is 1.64. The quantitative estimate of drug-likeness (QED) is 0.0668. The SMILES string of the molecule is CC(=O)C=C(C)O.CC(=O)C=C(C)O.Cc1cc(-c2[c-]cccc2)ncc1-c1ccccc1.Cc1cc(-c2[c-]cccc2)ncc1-c1ccccc1.Cc1cc(-c2nccc3ccccc23)[c-]cc1F.Cc1cc[c-]c(-c2ccc3cc(F)c(C)cc3n2)c1.[Ir].[Ir].[Ir].[Ir].[Ir].[c-]1ccc2c(oc3ccccc32)c1-c1ccccn1.[c-]1ccccc1-c1ccccn1.[c-]1ccccc1-c1ccccn1.[c-]1ccccc1-c1ccccn1. The molecule has 0 aliphatic rings. The Labute approximate surface area is 937 Å². The van der Waals surface area contributed by atoms with Crippen molar-refractivity contribution in [2.24, 2.45) is 0 Å². The summed E-state index contributed by atoms with van der Waals surface area (Å²) in [5.41, 5.74) is 27.5. The Morgan fingerprint density at radius 3 is 1.13 bits per heavy atom. The summed E-state index contributed by atoms with van der Waals surface area (Å²) >= 11 is 0. The van der Waals surface area contributed by atoms with Crippen LogP contribution in [0.15, 0.2) is 460 Å². The monoisotopic (exact) mass is 2850 g/mol. The van der Waals surface area contributed by atoms with E-state index in [0.717, 1.165) is 134 Å². The minimum atomic E-state index is -0.237. The molecule has 0 aliphatic carbocycles. The van der Waals surface area contributed by atoms with Gasteiger partial charge in [-0.15, -0.1) is 257 Å². The molecule has 22 aromatic rings. The number of halogens is 2. The smallest absolute Gasteiger partial charge is 0.155 e. The van der Waals surface area contributed by atoms with Crippen LogP contribution in [0.1, 0.15) is 55.5 Å². The number of rotatable bonds is 12. The van der Waals surface area contributed by atoms with Gasteiger partial charge in [-0.2, -0.15) is 0 Å². The molecule has 0 saturated heterocycles. The summed E-state index contributed by atoms with van der Waals surface area (Å²) in [6.07, 6.45) is 15.1. The first-order valence-corrected chi connectivity index (χ1v) is 46.4. The molecule has 0 spiro atoms. The van der Waals surface area contributed by atoms with Crippen LogP contribution in [0.4, 0.5) is 8.78 Å². The largest absolute Gasteiger partial charge is 0.512 e. The molecule has 0 amide bonds. The zero-order valence-corrected chi connectivity index (χ0v) is 94.7. The minimum Gasteiger partial charge on any atom is -0.512 e. The molecule has 9 heterocycles. The molecule has 0 atom stereocenters. The molecule has 0 fully saturated rings. The number of pyridine rings is 8. The molecule has 0 aliphatic heterocycles. The number of hydrogen-bond donors (Lipinski definition) is 2. The standard InChI is InChI=1S/2C18H14N.C17H13FN.C17H10NO.C16H11FN.3C11H8N.2C5H8O2.5Ir/c2*1-14-12-18(16-10-6-3-7-11-16)19-13-17(14)15-8-4-2-5-9-15;1-11-4-3-5-13(8-11)16-7-6-14-10-15(18)12(2)9-17(14)19-16;1-2-10-16-12(6-1)13-7-5-8-14(17(13)19-16)15-9-3-4-11-18-15;1-11-10-13(6-7-15(11)17)16-14-5-3-2-4-12(14)8-9-18-16;3*1-2-6-10(7-3-1)11-8-4-5-9-12-11;2*1-4(6)3-5(2)7;;;;;/h2*2-10,12-13H,1H3;3-4,6-10H,1-2H3;1-7,9-11H;2-5,7-10H,1H3;3*1-6,8-9H;2*3,6H,1-2H3;;;;;/q8*-1;;;;;;;. The van der Waals surface area contributed by atoms with Gasteiger partial charge < -0.3 is 49.5 Å². The van der Waals surface area contributed by atoms with Gasteiger partial charge in [0.1, 0.15) is 11.4 Å². The van der Waals surface area contributed by atoms with Crippen LogP contribution < -0.4 is 0 Å². The first kappa shape index (κ1) is 119. The maximum Gasteiger partial charge on any atom is 0.155 e. The van der Waals surface area contributed by atoms with Gasteiger partial charge in [0, 0.05) is 184 Å². The number of aromatic nitrogens is 8. The molecule has 20 heteroatoms. The molecule has 0 bridgehead atoms. The molecule has 22 rings (SSSR count). The molecule has 149 heavy (non-hydrogen) atoms. The van der Waals surface area contributed by atoms with E-state index in [0.29, 0.717) is 11.1 Å². The van der Waals surface area contributed by atoms with E-state index in [2.05, 4.69) is 145 Å². The maximum absolute atomic E-state index is 13.5. The van der Waals surface area contributed by atoms with E-state index in [4.69, 9.17) is 14.6 Å². The molecule has 13 nitrogen and oxygen atoms in total. The minimum absolute atomic E-state index is 0. The number of fused-ring (bicyclic) bond motifs is 5. The molecule has 0 unspecified atom stereocenters. The summed E-state index contributed by atoms with van der Waals surface area (Å²) in [4.78, 5) is 55.2. The molecule has 9 aromatic heterocycles. The molecule has 0 saturated carbocycles. The Kier molecular flexibility index (Phi) is 50.2. The van der Waals surface area contributed by atoms with Crippen LogP contribution in [0.3, 0.4) is 0 Å². The third kappa shape index (κ3) is 36.8. The van der Waals surface area contributed by atoms with E-state index in [-0.39, 0.29) is 135 Å². The van der Waals surface area contributed by atoms with Crippen molar-refractivity contribution in [2.45, 2.75) is 62.3 Å². The second-order valence-electron chi connectivity index (χ2n) is 32.8. The van der Waals surface area contributed by atoms with Crippen molar-refractivity contribution in [1.82, 2.24) is 39.9 Å². The number of aliphatic hydroxyl groups is 2. The molecular weight excluding hydrogens is 2740 g/mol. The maximum atomic E-state index is 13.5. The summed E-state index contributed by atoms with van der Waals surface area (Å²) in [6, 6.07) is 151. The molecule has 755 valence electrons. The third-order valence-electron chi connectivity index (χ3n) is 21.6. The van der Waals surface area contributed by atoms with Crippen LogP contribution in [-0.2, 0) is 110 Å². The summed E-state index contributed by atoms with van der Waals surface area (Å²) in [5, 5.41) is 22.0. The number of hydrogen-bond acceptors (Lipinski definition) is 13. The van der Waals surface area contributed by atoms with Crippen LogP contribution in [0.2, 0.25) is 0 Å². The van der Waals surface area contributed by atoms with Crippen molar-refractivity contribution in [3.8, 4) is 112 Å². The number of ketones is 2. The Morgan fingerprint density at radius 1 is 0.302 bits per heavy atom. The second kappa shape index (κ2) is 62.8. The number of aryl methyl sites for hydroxylation is 5. The zero-order chi connectivity index (χ0) is 101. The van der Waals surface area contributed by atoms with Gasteiger partial charge in [0.2, 0.25) is 0 Å². The van der Waals surface area contributed by atoms with Gasteiger partial charge in [-0.05, 0) is 181 Å². The Balaban J connectivity index is 0.000000204. The second-order valence-corrected chi connectivity index (χ2v) is 32.8. The Bertz CT molecular complexity index is 7470. The van der Waals surface area contributed by atoms with Gasteiger partial charge in [0.05, 0.1) is 22.6 Å². The number of benzene rings is 13. The molecule has 2 N–H and O–H groups in total. The predicted octanol–water partition coefficient (Wildman–Crippen LogP) is 31.8. The Morgan fingerprint density at radius 2 is 0.711 bits per heavy atom. The van der Waals surface area contributed by atoms with Gasteiger partial charge in [0.25, 0.3) is 0 Å². The summed E-state index contributed by atoms with van der Waals surface area (Å²) in [5.74, 6) is -0.553. The van der Waals surface area contributed by atoms with E-state index in [9.17, 15) is 18.4 Å². The molecule has 5 radical (unpaired) electrons. The van der Waals surface area contributed by atoms with Crippen molar-refractivity contribution in [3.05, 3.63) is 543 Å². The van der Waals surface area contributed by atoms with E-state index < -0.39 is 0 Å². The van der Waals surface area contributed by atoms with Crippen molar-refractivity contribution in [2.75, 3.05) is 0 Å². The van der Waals surface area contributed by atoms with Crippen molar-refractivity contribution >= 4 is 55.2 Å². The first-order chi connectivity index (χ1) is 70.2. The fraction of sp³-hybridized carbons (Fsp3) is 0.0698. The molecular formula is C129H102F2Ir5N8O5-8. The number of aliphatic hydroxyl groups excluding tert-OH is 2. The van der Waals surface area contributed by atoms with Gasteiger partial charge >= 0.3 is 0 Å². The van der Waals surface area contributed by atoms with Crippen LogP contribution in [0.5, 0.6) is 0 Å². The number of carbonyl (C=O) groups is 2. The number of allylic oxidation sites excluding steroid dienone is 4. The average molecular weight is 2840 g/mol. The van der Waals surface area contributed by atoms with Gasteiger partial charge in [-0.3, -0.25) is 19.0 Å². The normalized spacial score (nSPS) is 10.2. The number of carbonyl (C=O) groups excluding carboxylic acids is 2. The van der Waals surface area contributed by atoms with Crippen molar-refractivity contribution < 1.29 is 134 Å². The van der Waals surface area contributed by atoms with Crippen molar-refractivity contribution in [1.29, 1.82) is 0 Å². The number of furan rings is 1. The zero-order valence-electron chi connectivity index (χ0n) is 82.8. The van der Waals surface area contributed by atoms with Crippen LogP contribution in [0, 0.1) is 94.8 Å². The van der Waals surface area contributed by atoms with E-state index in [1.54, 1.807) is 57.0 Å². The Hall–Kier alpha value is -15.1. The number of para-hydroxylation sites is 1. The van der Waals surface area contributed by atoms with Crippen molar-refractivity contribution in [3.63, 3.8) is 0 Å². The molecule has 13 aromatic carbocycles. The third-order valence-corrected chi connectivity index (χ3v) is 21.6. The van der Waals surface area contributed by atoms with Crippen LogP contribution in [0.25, 0.3) is 156 Å². The van der Waals surface area contributed by atoms with Gasteiger partial charge in [-0.25, -0.2) is 4.39 Å². The summed E-state index contributed by atoms with van der Waals surface area (Å²) in [7, 11) is 0. The first-order valence-electron chi connectivity index (χ1n) is 46.4. The van der Waals surface area contributed by atoms with E-state index >= 15 is 0 Å². The summed E-state index contributed by atoms with van der Waals surface area (Å²) < 4.78 is 32.7. The van der Waals surface area contributed by atoms with E-state index in [1.165, 1.54) is 90.9 Å². The summed E-state index contributed by atoms with van der Waals surface area (Å²) in [6.45, 7) is 15.5. The predicted molar refractivity (Wildman–Crippen MR) is 579 cm³/mol. The van der Waals surface area contributed by atoms with E-state index in [1.807, 2.05) is 341 Å². The topological polar surface area (TPSA) is 191 Å².